The molecule has 220 valence electrons. The maximum atomic E-state index is 2.79. The van der Waals surface area contributed by atoms with Crippen molar-refractivity contribution in [3.63, 3.8) is 0 Å². The second kappa shape index (κ2) is 10.8. The van der Waals surface area contributed by atoms with E-state index >= 15 is 0 Å². The molecule has 0 radical (unpaired) electrons. The molecule has 7 atom stereocenters. The van der Waals surface area contributed by atoms with Gasteiger partial charge < -0.3 is 9.80 Å². The van der Waals surface area contributed by atoms with Crippen molar-refractivity contribution in [2.24, 2.45) is 17.8 Å². The number of hydrogen-bond acceptors (Lipinski definition) is 2. The molecule has 1 saturated heterocycles. The first kappa shape index (κ1) is 26.4. The molecule has 6 aliphatic carbocycles. The molecule has 0 aromatic heterocycles. The number of likely N-dealkylation sites (tertiary alicyclic amines) is 1. The van der Waals surface area contributed by atoms with Crippen molar-refractivity contribution in [2.75, 3.05) is 4.90 Å². The van der Waals surface area contributed by atoms with Gasteiger partial charge in [-0.05, 0) is 79.9 Å². The quantitative estimate of drug-likeness (QED) is 0.353. The van der Waals surface area contributed by atoms with Crippen LogP contribution >= 0.6 is 0 Å². The Kier molecular flexibility index (Phi) is 6.50. The average molecular weight is 575 g/mol. The lowest BCUT2D eigenvalue weighted by Gasteiger charge is -2.36. The Balaban J connectivity index is 1.07. The van der Waals surface area contributed by atoms with Gasteiger partial charge in [-0.15, -0.1) is 0 Å². The number of hydrogen-bond donors (Lipinski definition) is 0. The highest BCUT2D eigenvalue weighted by molar-refractivity contribution is 5.80. The van der Waals surface area contributed by atoms with Crippen molar-refractivity contribution < 1.29 is 0 Å². The molecule has 8 aliphatic rings. The Morgan fingerprint density at radius 1 is 0.705 bits per heavy atom. The fourth-order valence-electron chi connectivity index (χ4n) is 9.22. The van der Waals surface area contributed by atoms with E-state index in [0.29, 0.717) is 41.8 Å². The van der Waals surface area contributed by atoms with Gasteiger partial charge in [0.15, 0.2) is 0 Å². The van der Waals surface area contributed by atoms with Crippen molar-refractivity contribution in [3.8, 4) is 0 Å². The van der Waals surface area contributed by atoms with Crippen LogP contribution < -0.4 is 4.90 Å². The van der Waals surface area contributed by atoms with Crippen LogP contribution in [0.15, 0.2) is 145 Å². The van der Waals surface area contributed by atoms with Gasteiger partial charge in [0.1, 0.15) is 0 Å². The lowest BCUT2D eigenvalue weighted by molar-refractivity contribution is 0.284. The Morgan fingerprint density at radius 2 is 1.57 bits per heavy atom. The number of benzene rings is 1. The van der Waals surface area contributed by atoms with E-state index in [1.165, 1.54) is 60.2 Å². The van der Waals surface area contributed by atoms with Crippen LogP contribution in [0.2, 0.25) is 0 Å². The SMILES string of the molecule is C1=CCC(C2=CC(N3c4ccc(C5=CC6C(C=C5)C5C=CC=CC5N6C5=CCCCC5)cc4C4C=CC=CC43)=CCC2)C=C1. The van der Waals surface area contributed by atoms with E-state index in [9.17, 15) is 0 Å². The first-order chi connectivity index (χ1) is 21.8. The number of anilines is 1. The molecular weight excluding hydrogens is 532 g/mol. The molecule has 1 aromatic carbocycles. The molecule has 7 unspecified atom stereocenters. The van der Waals surface area contributed by atoms with Crippen LogP contribution in [0.3, 0.4) is 0 Å². The molecule has 44 heavy (non-hydrogen) atoms. The predicted molar refractivity (Wildman–Crippen MR) is 184 cm³/mol. The minimum absolute atomic E-state index is 0.333. The Hall–Kier alpha value is -4.04. The molecule has 0 spiro atoms. The summed E-state index contributed by atoms with van der Waals surface area (Å²) < 4.78 is 0. The topological polar surface area (TPSA) is 6.48 Å². The molecule has 1 fully saturated rings. The maximum Gasteiger partial charge on any atom is 0.0629 e. The third-order valence-corrected chi connectivity index (χ3v) is 11.3. The largest absolute Gasteiger partial charge is 0.361 e. The lowest BCUT2D eigenvalue weighted by atomic mass is 9.80. The van der Waals surface area contributed by atoms with Crippen molar-refractivity contribution in [3.05, 3.63) is 156 Å². The van der Waals surface area contributed by atoms with Crippen LogP contribution in [0.1, 0.15) is 62.0 Å². The van der Waals surface area contributed by atoms with Crippen molar-refractivity contribution in [1.29, 1.82) is 0 Å². The molecule has 9 rings (SSSR count). The van der Waals surface area contributed by atoms with E-state index in [4.69, 9.17) is 0 Å². The van der Waals surface area contributed by atoms with E-state index < -0.39 is 0 Å². The summed E-state index contributed by atoms with van der Waals surface area (Å²) in [6.45, 7) is 0. The van der Waals surface area contributed by atoms with E-state index in [0.717, 1.165) is 12.8 Å². The lowest BCUT2D eigenvalue weighted by Crippen LogP contribution is -2.36. The summed E-state index contributed by atoms with van der Waals surface area (Å²) in [5.41, 5.74) is 10.1. The van der Waals surface area contributed by atoms with Crippen LogP contribution in [-0.2, 0) is 0 Å². The van der Waals surface area contributed by atoms with Gasteiger partial charge in [-0.25, -0.2) is 0 Å². The smallest absolute Gasteiger partial charge is 0.0629 e. The second-order valence-electron chi connectivity index (χ2n) is 13.7. The van der Waals surface area contributed by atoms with Crippen LogP contribution in [0.4, 0.5) is 5.69 Å². The normalized spacial score (nSPS) is 34.2. The van der Waals surface area contributed by atoms with Gasteiger partial charge >= 0.3 is 0 Å². The summed E-state index contributed by atoms with van der Waals surface area (Å²) in [4.78, 5) is 5.42. The number of fused-ring (bicyclic) bond motifs is 6. The molecule has 0 N–H and O–H groups in total. The number of rotatable bonds is 4. The molecule has 0 bridgehead atoms. The molecule has 0 saturated carbocycles. The first-order valence-electron chi connectivity index (χ1n) is 17.1. The minimum Gasteiger partial charge on any atom is -0.361 e. The van der Waals surface area contributed by atoms with E-state index in [1.807, 2.05) is 0 Å². The summed E-state index contributed by atoms with van der Waals surface area (Å²) in [5.74, 6) is 2.00. The molecule has 2 aliphatic heterocycles. The first-order valence-corrected chi connectivity index (χ1v) is 17.1. The van der Waals surface area contributed by atoms with E-state index in [2.05, 4.69) is 137 Å². The zero-order valence-electron chi connectivity index (χ0n) is 25.5. The third kappa shape index (κ3) is 4.29. The fourth-order valence-corrected chi connectivity index (χ4v) is 9.22. The van der Waals surface area contributed by atoms with Crippen LogP contribution in [0, 0.1) is 17.8 Å². The van der Waals surface area contributed by atoms with E-state index in [1.54, 1.807) is 11.3 Å². The zero-order valence-corrected chi connectivity index (χ0v) is 25.5. The highest BCUT2D eigenvalue weighted by Crippen LogP contribution is 2.50. The van der Waals surface area contributed by atoms with Gasteiger partial charge in [-0.2, -0.15) is 0 Å². The highest BCUT2D eigenvalue weighted by atomic mass is 15.2. The second-order valence-corrected chi connectivity index (χ2v) is 13.7. The van der Waals surface area contributed by atoms with Crippen LogP contribution in [-0.4, -0.2) is 23.0 Å². The van der Waals surface area contributed by atoms with Crippen molar-refractivity contribution >= 4 is 11.3 Å². The molecule has 2 heteroatoms. The van der Waals surface area contributed by atoms with E-state index in [-0.39, 0.29) is 0 Å². The Labute approximate surface area is 262 Å². The Bertz CT molecular complexity index is 1700. The molecular formula is C42H42N2. The molecule has 2 nitrogen and oxygen atoms in total. The van der Waals surface area contributed by atoms with Crippen LogP contribution in [0.5, 0.6) is 0 Å². The van der Waals surface area contributed by atoms with Gasteiger partial charge in [0.2, 0.25) is 0 Å². The summed E-state index contributed by atoms with van der Waals surface area (Å²) in [6, 6.07) is 8.54. The van der Waals surface area contributed by atoms with Crippen molar-refractivity contribution in [2.45, 2.75) is 69.0 Å². The average Bonchev–Trinajstić information content (AvgIpc) is 3.61. The monoisotopic (exact) mass is 574 g/mol. The summed E-state index contributed by atoms with van der Waals surface area (Å²) in [6.07, 6.45) is 51.5. The van der Waals surface area contributed by atoms with Crippen LogP contribution in [0.25, 0.3) is 5.57 Å². The maximum absolute atomic E-state index is 2.79. The highest BCUT2D eigenvalue weighted by Gasteiger charge is 2.47. The number of nitrogens with zero attached hydrogens (tertiary/aromatic N) is 2. The summed E-state index contributed by atoms with van der Waals surface area (Å²) >= 11 is 0. The van der Waals surface area contributed by atoms with Gasteiger partial charge in [-0.1, -0.05) is 115 Å². The van der Waals surface area contributed by atoms with Crippen molar-refractivity contribution in [1.82, 2.24) is 4.90 Å². The summed E-state index contributed by atoms with van der Waals surface area (Å²) in [7, 11) is 0. The zero-order chi connectivity index (χ0) is 29.0. The minimum atomic E-state index is 0.333. The molecule has 2 heterocycles. The van der Waals surface area contributed by atoms with Gasteiger partial charge in [-0.3, -0.25) is 0 Å². The van der Waals surface area contributed by atoms with Gasteiger partial charge in [0, 0.05) is 40.8 Å². The third-order valence-electron chi connectivity index (χ3n) is 11.3. The summed E-state index contributed by atoms with van der Waals surface area (Å²) in [5, 5.41) is 0. The standard InChI is InChI=1S/C42H42N2/c1-3-12-29(13-4-1)30-14-11-17-34(26-30)44-40-21-10-8-19-36(40)38-27-31(23-25-41(38)44)32-22-24-37-35-18-7-9-20-39(35)43(42(37)28-32)33-15-5-2-6-16-33/h1,3-4,7-10,12,15,17-29,35-37,39-40,42H,2,5-6,11,13-14,16H2. The molecule has 1 aromatic rings. The Morgan fingerprint density at radius 3 is 2.45 bits per heavy atom. The number of allylic oxidation sites excluding steroid dienone is 15. The van der Waals surface area contributed by atoms with Gasteiger partial charge in [0.25, 0.3) is 0 Å². The predicted octanol–water partition coefficient (Wildman–Crippen LogP) is 9.64. The molecule has 0 amide bonds. The van der Waals surface area contributed by atoms with Gasteiger partial charge in [0.05, 0.1) is 18.1 Å². The fraction of sp³-hybridized carbons (Fsp3) is 0.333.